The number of benzene rings is 1. The van der Waals surface area contributed by atoms with Gasteiger partial charge in [0.25, 0.3) is 0 Å². The Morgan fingerprint density at radius 3 is 2.72 bits per heavy atom. The summed E-state index contributed by atoms with van der Waals surface area (Å²) in [6.07, 6.45) is 2.45. The molecule has 0 aliphatic carbocycles. The number of hydrogen-bond acceptors (Lipinski definition) is 2. The number of aromatic nitrogens is 1. The van der Waals surface area contributed by atoms with Gasteiger partial charge in [-0.25, -0.2) is 0 Å². The molecule has 5 heteroatoms. The number of hydrogen-bond donors (Lipinski definition) is 1. The first kappa shape index (κ1) is 14.0. The number of nitrogens with zero attached hydrogens (tertiary/aromatic N) is 1. The van der Waals surface area contributed by atoms with Gasteiger partial charge in [-0.05, 0) is 62.0 Å². The molecular weight excluding hydrogens is 379 g/mol. The van der Waals surface area contributed by atoms with Gasteiger partial charge < -0.3 is 5.73 Å². The van der Waals surface area contributed by atoms with Crippen LogP contribution in [0.1, 0.15) is 17.3 Å². The van der Waals surface area contributed by atoms with E-state index in [2.05, 4.69) is 36.8 Å². The van der Waals surface area contributed by atoms with Crippen molar-refractivity contribution >= 4 is 43.5 Å². The second kappa shape index (κ2) is 6.15. The van der Waals surface area contributed by atoms with E-state index in [1.165, 1.54) is 0 Å². The van der Waals surface area contributed by atoms with Crippen molar-refractivity contribution in [2.75, 3.05) is 0 Å². The molecule has 0 fully saturated rings. The summed E-state index contributed by atoms with van der Waals surface area (Å²) in [6, 6.07) is 9.50. The van der Waals surface area contributed by atoms with Crippen LogP contribution in [-0.4, -0.2) is 4.98 Å². The summed E-state index contributed by atoms with van der Waals surface area (Å²) >= 11 is 12.8. The number of nitrogens with two attached hydrogens (primary N) is 1. The first-order valence-electron chi connectivity index (χ1n) is 5.37. The minimum atomic E-state index is -0.161. The van der Waals surface area contributed by atoms with E-state index in [9.17, 15) is 0 Å². The molecule has 0 saturated heterocycles. The maximum atomic E-state index is 6.18. The molecule has 94 valence electrons. The highest BCUT2D eigenvalue weighted by Gasteiger charge is 2.12. The monoisotopic (exact) mass is 388 g/mol. The highest BCUT2D eigenvalue weighted by molar-refractivity contribution is 9.11. The van der Waals surface area contributed by atoms with Crippen molar-refractivity contribution in [3.05, 3.63) is 61.8 Å². The maximum absolute atomic E-state index is 6.18. The van der Waals surface area contributed by atoms with E-state index in [0.29, 0.717) is 6.42 Å². The van der Waals surface area contributed by atoms with Gasteiger partial charge in [0, 0.05) is 20.2 Å². The molecule has 0 aliphatic heterocycles. The van der Waals surface area contributed by atoms with Crippen molar-refractivity contribution in [2.24, 2.45) is 5.73 Å². The molecule has 0 amide bonds. The summed E-state index contributed by atoms with van der Waals surface area (Å²) in [6.45, 7) is 0. The minimum absolute atomic E-state index is 0.161. The first-order chi connectivity index (χ1) is 8.56. The van der Waals surface area contributed by atoms with Crippen molar-refractivity contribution in [3.8, 4) is 0 Å². The van der Waals surface area contributed by atoms with Crippen molar-refractivity contribution in [1.29, 1.82) is 0 Å². The fraction of sp³-hybridized carbons (Fsp3) is 0.154. The maximum Gasteiger partial charge on any atom is 0.0716 e. The Morgan fingerprint density at radius 2 is 2.06 bits per heavy atom. The predicted octanol–water partition coefficient (Wildman–Crippen LogP) is 4.50. The highest BCUT2D eigenvalue weighted by atomic mass is 79.9. The Hall–Kier alpha value is -0.420. The van der Waals surface area contributed by atoms with Crippen LogP contribution >= 0.6 is 43.5 Å². The fourth-order valence-electron chi connectivity index (χ4n) is 1.71. The molecule has 0 saturated carbocycles. The third kappa shape index (κ3) is 3.54. The minimum Gasteiger partial charge on any atom is -0.322 e. The molecule has 2 aromatic rings. The van der Waals surface area contributed by atoms with E-state index in [1.54, 1.807) is 6.20 Å². The highest BCUT2D eigenvalue weighted by Crippen LogP contribution is 2.25. The molecule has 1 aromatic carbocycles. The average molecular weight is 391 g/mol. The summed E-state index contributed by atoms with van der Waals surface area (Å²) in [5.41, 5.74) is 8.13. The molecule has 0 aliphatic rings. The molecule has 2 N–H and O–H groups in total. The van der Waals surface area contributed by atoms with Crippen LogP contribution in [0.5, 0.6) is 0 Å². The first-order valence-corrected chi connectivity index (χ1v) is 7.33. The van der Waals surface area contributed by atoms with Crippen LogP contribution in [-0.2, 0) is 6.42 Å². The molecule has 1 heterocycles. The van der Waals surface area contributed by atoms with Gasteiger partial charge in [0.2, 0.25) is 0 Å². The second-order valence-corrected chi connectivity index (χ2v) is 6.17. The molecule has 0 radical (unpaired) electrons. The topological polar surface area (TPSA) is 38.9 Å². The lowest BCUT2D eigenvalue weighted by Gasteiger charge is -2.13. The molecule has 18 heavy (non-hydrogen) atoms. The molecule has 2 rings (SSSR count). The Labute approximate surface area is 128 Å². The van der Waals surface area contributed by atoms with Gasteiger partial charge in [-0.3, -0.25) is 4.98 Å². The molecule has 2 nitrogen and oxygen atoms in total. The lowest BCUT2D eigenvalue weighted by molar-refractivity contribution is 0.692. The van der Waals surface area contributed by atoms with Crippen LogP contribution in [0.2, 0.25) is 5.02 Å². The van der Waals surface area contributed by atoms with Gasteiger partial charge in [0.1, 0.15) is 0 Å². The zero-order valence-electron chi connectivity index (χ0n) is 9.41. The third-order valence-electron chi connectivity index (χ3n) is 2.53. The molecular formula is C13H11Br2ClN2. The third-order valence-corrected chi connectivity index (χ3v) is 3.84. The van der Waals surface area contributed by atoms with E-state index < -0.39 is 0 Å². The molecule has 1 unspecified atom stereocenters. The van der Waals surface area contributed by atoms with Crippen LogP contribution in [0, 0.1) is 0 Å². The van der Waals surface area contributed by atoms with E-state index in [-0.39, 0.29) is 6.04 Å². The van der Waals surface area contributed by atoms with Gasteiger partial charge in [-0.2, -0.15) is 0 Å². The van der Waals surface area contributed by atoms with Crippen LogP contribution < -0.4 is 5.73 Å². The van der Waals surface area contributed by atoms with Crippen molar-refractivity contribution in [1.82, 2.24) is 4.98 Å². The van der Waals surface area contributed by atoms with Crippen molar-refractivity contribution < 1.29 is 0 Å². The zero-order chi connectivity index (χ0) is 13.1. The zero-order valence-corrected chi connectivity index (χ0v) is 13.3. The Bertz CT molecular complexity index is 560. The Balaban J connectivity index is 2.19. The van der Waals surface area contributed by atoms with Crippen molar-refractivity contribution in [3.63, 3.8) is 0 Å². The van der Waals surface area contributed by atoms with Crippen LogP contribution in [0.15, 0.2) is 45.5 Å². The quantitative estimate of drug-likeness (QED) is 0.838. The summed E-state index contributed by atoms with van der Waals surface area (Å²) in [4.78, 5) is 4.34. The SMILES string of the molecule is NC(Cc1cccc(Cl)c1)c1ncc(Br)cc1Br. The summed E-state index contributed by atoms with van der Waals surface area (Å²) in [7, 11) is 0. The van der Waals surface area contributed by atoms with Gasteiger partial charge in [0.05, 0.1) is 11.7 Å². The summed E-state index contributed by atoms with van der Waals surface area (Å²) in [5, 5.41) is 0.725. The number of pyridine rings is 1. The second-order valence-electron chi connectivity index (χ2n) is 3.96. The lowest BCUT2D eigenvalue weighted by atomic mass is 10.0. The van der Waals surface area contributed by atoms with Gasteiger partial charge in [-0.1, -0.05) is 23.7 Å². The Morgan fingerprint density at radius 1 is 1.28 bits per heavy atom. The van der Waals surface area contributed by atoms with E-state index in [1.807, 2.05) is 30.3 Å². The van der Waals surface area contributed by atoms with E-state index in [4.69, 9.17) is 17.3 Å². The van der Waals surface area contributed by atoms with Crippen LogP contribution in [0.4, 0.5) is 0 Å². The predicted molar refractivity (Wildman–Crippen MR) is 81.7 cm³/mol. The molecule has 1 atom stereocenters. The van der Waals surface area contributed by atoms with Gasteiger partial charge in [-0.15, -0.1) is 0 Å². The molecule has 0 bridgehead atoms. The standard InChI is InChI=1S/C13H11Br2ClN2/c14-9-6-11(15)13(18-7-9)12(17)5-8-2-1-3-10(16)4-8/h1-4,6-7,12H,5,17H2. The smallest absolute Gasteiger partial charge is 0.0716 e. The Kier molecular flexibility index (Phi) is 4.78. The van der Waals surface area contributed by atoms with E-state index in [0.717, 1.165) is 25.2 Å². The van der Waals surface area contributed by atoms with Gasteiger partial charge >= 0.3 is 0 Å². The number of rotatable bonds is 3. The van der Waals surface area contributed by atoms with Gasteiger partial charge in [0.15, 0.2) is 0 Å². The summed E-state index contributed by atoms with van der Waals surface area (Å²) < 4.78 is 1.83. The average Bonchev–Trinajstić information content (AvgIpc) is 2.28. The fourth-order valence-corrected chi connectivity index (χ4v) is 3.21. The molecule has 0 spiro atoms. The summed E-state index contributed by atoms with van der Waals surface area (Å²) in [5.74, 6) is 0. The number of halogens is 3. The normalized spacial score (nSPS) is 12.4. The van der Waals surface area contributed by atoms with Crippen LogP contribution in [0.3, 0.4) is 0 Å². The largest absolute Gasteiger partial charge is 0.322 e. The van der Waals surface area contributed by atoms with Crippen molar-refractivity contribution in [2.45, 2.75) is 12.5 Å². The van der Waals surface area contributed by atoms with Crippen LogP contribution in [0.25, 0.3) is 0 Å². The molecule has 1 aromatic heterocycles. The van der Waals surface area contributed by atoms with E-state index >= 15 is 0 Å². The lowest BCUT2D eigenvalue weighted by Crippen LogP contribution is -2.15.